The smallest absolute Gasteiger partial charge is 0.270 e. The van der Waals surface area contributed by atoms with Gasteiger partial charge < -0.3 is 5.73 Å². The first kappa shape index (κ1) is 14.0. The normalized spacial score (nSPS) is 11.0. The summed E-state index contributed by atoms with van der Waals surface area (Å²) in [4.78, 5) is 14.8. The highest BCUT2D eigenvalue weighted by atomic mass is 16.6. The maximum Gasteiger partial charge on any atom is 0.270 e. The topological polar surface area (TPSA) is 99.9 Å². The van der Waals surface area contributed by atoms with Gasteiger partial charge in [0.1, 0.15) is 0 Å². The molecule has 2 rings (SSSR count). The molecule has 7 nitrogen and oxygen atoms in total. The number of rotatable bonds is 4. The third kappa shape index (κ3) is 2.76. The van der Waals surface area contributed by atoms with Crippen LogP contribution >= 0.6 is 0 Å². The molecule has 0 atom stereocenters. The molecular weight excluding hydrogens is 258 g/mol. The van der Waals surface area contributed by atoms with E-state index in [1.54, 1.807) is 11.7 Å². The van der Waals surface area contributed by atoms with Crippen LogP contribution in [0.5, 0.6) is 0 Å². The van der Waals surface area contributed by atoms with E-state index in [-0.39, 0.29) is 5.69 Å². The van der Waals surface area contributed by atoms with Crippen molar-refractivity contribution in [2.24, 2.45) is 13.0 Å². The second-order valence-electron chi connectivity index (χ2n) is 5.10. The SMILES string of the molecule is CC(C)Cc1nc(-c2cc([N+](=O)[O-])ccc2N)n(C)n1. The van der Waals surface area contributed by atoms with Crippen molar-refractivity contribution in [3.05, 3.63) is 34.1 Å². The lowest BCUT2D eigenvalue weighted by molar-refractivity contribution is -0.384. The van der Waals surface area contributed by atoms with Crippen molar-refractivity contribution in [3.63, 3.8) is 0 Å². The lowest BCUT2D eigenvalue weighted by atomic mass is 10.1. The van der Waals surface area contributed by atoms with Gasteiger partial charge in [-0.25, -0.2) is 9.67 Å². The van der Waals surface area contributed by atoms with E-state index in [0.29, 0.717) is 28.8 Å². The number of aryl methyl sites for hydroxylation is 1. The van der Waals surface area contributed by atoms with E-state index in [1.165, 1.54) is 18.2 Å². The van der Waals surface area contributed by atoms with Crippen LogP contribution in [0.2, 0.25) is 0 Å². The molecule has 2 N–H and O–H groups in total. The summed E-state index contributed by atoms with van der Waals surface area (Å²) in [7, 11) is 1.75. The molecule has 1 aromatic carbocycles. The Hall–Kier alpha value is -2.44. The predicted octanol–water partition coefficient (Wildman–Crippen LogP) is 2.17. The Kier molecular flexibility index (Phi) is 3.69. The van der Waals surface area contributed by atoms with Gasteiger partial charge in [-0.3, -0.25) is 10.1 Å². The van der Waals surface area contributed by atoms with Crippen molar-refractivity contribution < 1.29 is 4.92 Å². The summed E-state index contributed by atoms with van der Waals surface area (Å²) in [6.45, 7) is 4.16. The van der Waals surface area contributed by atoms with Gasteiger partial charge in [0.25, 0.3) is 5.69 Å². The Labute approximate surface area is 116 Å². The Bertz CT molecular complexity index is 648. The molecule has 0 radical (unpaired) electrons. The number of nitrogen functional groups attached to an aromatic ring is 1. The molecule has 20 heavy (non-hydrogen) atoms. The molecule has 0 amide bonds. The van der Waals surface area contributed by atoms with Crippen molar-refractivity contribution >= 4 is 11.4 Å². The van der Waals surface area contributed by atoms with Gasteiger partial charge in [-0.15, -0.1) is 0 Å². The minimum absolute atomic E-state index is 0.0115. The van der Waals surface area contributed by atoms with Crippen molar-refractivity contribution in [2.45, 2.75) is 20.3 Å². The summed E-state index contributed by atoms with van der Waals surface area (Å²) < 4.78 is 1.60. The lowest BCUT2D eigenvalue weighted by Gasteiger charge is -2.04. The van der Waals surface area contributed by atoms with Crippen LogP contribution in [0.1, 0.15) is 19.7 Å². The molecular formula is C13H17N5O2. The van der Waals surface area contributed by atoms with Gasteiger partial charge in [0, 0.05) is 36.9 Å². The molecule has 7 heteroatoms. The number of nitrogens with zero attached hydrogens (tertiary/aromatic N) is 4. The Morgan fingerprint density at radius 1 is 1.45 bits per heavy atom. The molecule has 106 valence electrons. The van der Waals surface area contributed by atoms with E-state index < -0.39 is 4.92 Å². The third-order valence-corrected chi connectivity index (χ3v) is 2.89. The summed E-state index contributed by atoms with van der Waals surface area (Å²) in [6, 6.07) is 4.33. The third-order valence-electron chi connectivity index (χ3n) is 2.89. The number of nitro groups is 1. The molecule has 1 aromatic heterocycles. The van der Waals surface area contributed by atoms with E-state index in [0.717, 1.165) is 6.42 Å². The second-order valence-corrected chi connectivity index (χ2v) is 5.10. The Morgan fingerprint density at radius 3 is 2.75 bits per heavy atom. The number of nitro benzene ring substituents is 1. The first-order valence-corrected chi connectivity index (χ1v) is 6.32. The van der Waals surface area contributed by atoms with E-state index in [1.807, 2.05) is 0 Å². The Balaban J connectivity index is 2.48. The number of benzene rings is 1. The summed E-state index contributed by atoms with van der Waals surface area (Å²) in [5.74, 6) is 1.69. The molecule has 2 aromatic rings. The zero-order chi connectivity index (χ0) is 14.9. The fourth-order valence-corrected chi connectivity index (χ4v) is 1.98. The highest BCUT2D eigenvalue weighted by Gasteiger charge is 2.16. The van der Waals surface area contributed by atoms with Crippen LogP contribution in [0.4, 0.5) is 11.4 Å². The van der Waals surface area contributed by atoms with Crippen LogP contribution < -0.4 is 5.73 Å². The number of hydrogen-bond acceptors (Lipinski definition) is 5. The minimum Gasteiger partial charge on any atom is -0.398 e. The molecule has 0 bridgehead atoms. The molecule has 0 unspecified atom stereocenters. The first-order valence-electron chi connectivity index (χ1n) is 6.32. The average molecular weight is 275 g/mol. The van der Waals surface area contributed by atoms with Gasteiger partial charge in [0.2, 0.25) is 0 Å². The molecule has 0 fully saturated rings. The summed E-state index contributed by atoms with van der Waals surface area (Å²) in [5, 5.41) is 15.2. The summed E-state index contributed by atoms with van der Waals surface area (Å²) in [5.41, 5.74) is 6.86. The lowest BCUT2D eigenvalue weighted by Crippen LogP contribution is -1.99. The monoisotopic (exact) mass is 275 g/mol. The number of hydrogen-bond donors (Lipinski definition) is 1. The van der Waals surface area contributed by atoms with Gasteiger partial charge in [-0.05, 0) is 12.0 Å². The van der Waals surface area contributed by atoms with E-state index in [9.17, 15) is 10.1 Å². The predicted molar refractivity (Wildman–Crippen MR) is 76.0 cm³/mol. The van der Waals surface area contributed by atoms with Crippen molar-refractivity contribution in [1.82, 2.24) is 14.8 Å². The fraction of sp³-hybridized carbons (Fsp3) is 0.385. The van der Waals surface area contributed by atoms with Gasteiger partial charge in [0.05, 0.1) is 4.92 Å². The number of non-ortho nitro benzene ring substituents is 1. The summed E-state index contributed by atoms with van der Waals surface area (Å²) >= 11 is 0. The van der Waals surface area contributed by atoms with Crippen LogP contribution in [0, 0.1) is 16.0 Å². The highest BCUT2D eigenvalue weighted by molar-refractivity contribution is 5.74. The first-order chi connectivity index (χ1) is 9.38. The second kappa shape index (κ2) is 5.28. The van der Waals surface area contributed by atoms with Crippen molar-refractivity contribution in [3.8, 4) is 11.4 Å². The quantitative estimate of drug-likeness (QED) is 0.523. The van der Waals surface area contributed by atoms with Gasteiger partial charge in [0.15, 0.2) is 11.6 Å². The fourth-order valence-electron chi connectivity index (χ4n) is 1.98. The molecule has 0 aliphatic rings. The highest BCUT2D eigenvalue weighted by Crippen LogP contribution is 2.28. The Morgan fingerprint density at radius 2 is 2.15 bits per heavy atom. The maximum absolute atomic E-state index is 10.9. The van der Waals surface area contributed by atoms with Gasteiger partial charge in [-0.1, -0.05) is 13.8 Å². The van der Waals surface area contributed by atoms with Crippen LogP contribution in [-0.2, 0) is 13.5 Å². The van der Waals surface area contributed by atoms with Crippen molar-refractivity contribution in [1.29, 1.82) is 0 Å². The van der Waals surface area contributed by atoms with Gasteiger partial charge in [-0.2, -0.15) is 5.10 Å². The van der Waals surface area contributed by atoms with E-state index >= 15 is 0 Å². The average Bonchev–Trinajstić information content (AvgIpc) is 2.69. The van der Waals surface area contributed by atoms with Crippen LogP contribution in [0.3, 0.4) is 0 Å². The van der Waals surface area contributed by atoms with Crippen LogP contribution in [0.15, 0.2) is 18.2 Å². The zero-order valence-electron chi connectivity index (χ0n) is 11.7. The molecule has 0 aliphatic heterocycles. The molecule has 1 heterocycles. The minimum atomic E-state index is -0.450. The molecule has 0 saturated heterocycles. The largest absolute Gasteiger partial charge is 0.398 e. The van der Waals surface area contributed by atoms with Crippen LogP contribution in [0.25, 0.3) is 11.4 Å². The molecule has 0 saturated carbocycles. The summed E-state index contributed by atoms with van der Waals surface area (Å²) in [6.07, 6.45) is 0.753. The van der Waals surface area contributed by atoms with E-state index in [2.05, 4.69) is 23.9 Å². The van der Waals surface area contributed by atoms with E-state index in [4.69, 9.17) is 5.73 Å². The molecule has 0 spiro atoms. The van der Waals surface area contributed by atoms with Crippen LogP contribution in [-0.4, -0.2) is 19.7 Å². The van der Waals surface area contributed by atoms with Gasteiger partial charge >= 0.3 is 0 Å². The maximum atomic E-state index is 10.9. The zero-order valence-corrected chi connectivity index (χ0v) is 11.7. The number of nitrogens with two attached hydrogens (primary N) is 1. The van der Waals surface area contributed by atoms with Crippen molar-refractivity contribution in [2.75, 3.05) is 5.73 Å². The number of anilines is 1. The molecule has 0 aliphatic carbocycles. The standard InChI is InChI=1S/C13H17N5O2/c1-8(2)6-12-15-13(17(3)16-12)10-7-9(18(19)20)4-5-11(10)14/h4-5,7-8H,6,14H2,1-3H3. The number of aromatic nitrogens is 3.